The number of ether oxygens (including phenoxy) is 1. The number of benzene rings is 2. The van der Waals surface area contributed by atoms with Crippen molar-refractivity contribution in [3.63, 3.8) is 0 Å². The molecular weight excluding hydrogens is 479 g/mol. The Morgan fingerprint density at radius 2 is 1.78 bits per heavy atom. The van der Waals surface area contributed by atoms with Crippen molar-refractivity contribution in [3.05, 3.63) is 56.5 Å². The van der Waals surface area contributed by atoms with E-state index in [1.54, 1.807) is 18.2 Å². The Kier molecular flexibility index (Phi) is 6.45. The average Bonchev–Trinajstić information content (AvgIpc) is 2.65. The minimum atomic E-state index is -3.73. The van der Waals surface area contributed by atoms with Gasteiger partial charge in [-0.1, -0.05) is 23.2 Å². The number of hydrogen-bond donors (Lipinski definition) is 1. The van der Waals surface area contributed by atoms with Gasteiger partial charge < -0.3 is 10.1 Å². The van der Waals surface area contributed by atoms with E-state index >= 15 is 0 Å². The molecule has 144 valence electrons. The number of carbonyl (C=O) groups is 1. The lowest BCUT2D eigenvalue weighted by molar-refractivity contribution is 0.0730. The van der Waals surface area contributed by atoms with Gasteiger partial charge in [-0.2, -0.15) is 4.31 Å². The van der Waals surface area contributed by atoms with Crippen molar-refractivity contribution in [2.75, 3.05) is 31.6 Å². The molecule has 0 aliphatic carbocycles. The van der Waals surface area contributed by atoms with Crippen LogP contribution in [-0.4, -0.2) is 44.9 Å². The summed E-state index contributed by atoms with van der Waals surface area (Å²) in [6.07, 6.45) is 0. The summed E-state index contributed by atoms with van der Waals surface area (Å²) in [7, 11) is -3.73. The zero-order valence-electron chi connectivity index (χ0n) is 13.9. The second kappa shape index (κ2) is 8.46. The number of morpholine rings is 1. The van der Waals surface area contributed by atoms with Gasteiger partial charge in [-0.15, -0.1) is 0 Å². The lowest BCUT2D eigenvalue weighted by Gasteiger charge is -2.26. The first-order valence-corrected chi connectivity index (χ1v) is 10.9. The summed E-state index contributed by atoms with van der Waals surface area (Å²) in [5.41, 5.74) is 0.524. The quantitative estimate of drug-likeness (QED) is 0.697. The van der Waals surface area contributed by atoms with Crippen LogP contribution in [0.25, 0.3) is 0 Å². The molecule has 0 aromatic heterocycles. The normalized spacial score (nSPS) is 15.5. The van der Waals surface area contributed by atoms with Crippen LogP contribution in [0.5, 0.6) is 0 Å². The highest BCUT2D eigenvalue weighted by molar-refractivity contribution is 9.10. The van der Waals surface area contributed by atoms with Crippen LogP contribution < -0.4 is 5.32 Å². The van der Waals surface area contributed by atoms with Gasteiger partial charge >= 0.3 is 0 Å². The fraction of sp³-hybridized carbons (Fsp3) is 0.235. The van der Waals surface area contributed by atoms with Crippen molar-refractivity contribution >= 4 is 60.7 Å². The molecule has 27 heavy (non-hydrogen) atoms. The molecule has 1 saturated heterocycles. The van der Waals surface area contributed by atoms with Crippen LogP contribution in [-0.2, 0) is 14.8 Å². The second-order valence-corrected chi connectivity index (χ2v) is 9.35. The van der Waals surface area contributed by atoms with Crippen molar-refractivity contribution in [2.24, 2.45) is 0 Å². The van der Waals surface area contributed by atoms with Crippen LogP contribution in [0.1, 0.15) is 10.4 Å². The highest BCUT2D eigenvalue weighted by Gasteiger charge is 2.27. The van der Waals surface area contributed by atoms with Crippen LogP contribution in [0, 0.1) is 0 Å². The molecule has 1 aliphatic rings. The molecule has 0 unspecified atom stereocenters. The zero-order valence-corrected chi connectivity index (χ0v) is 17.8. The molecule has 0 atom stereocenters. The predicted molar refractivity (Wildman–Crippen MR) is 108 cm³/mol. The third kappa shape index (κ3) is 4.64. The third-order valence-corrected chi connectivity index (χ3v) is 7.42. The number of anilines is 1. The van der Waals surface area contributed by atoms with E-state index in [2.05, 4.69) is 21.2 Å². The number of sulfonamides is 1. The molecule has 0 spiro atoms. The van der Waals surface area contributed by atoms with Gasteiger partial charge in [-0.3, -0.25) is 4.79 Å². The van der Waals surface area contributed by atoms with Gasteiger partial charge in [-0.05, 0) is 52.3 Å². The zero-order chi connectivity index (χ0) is 19.6. The predicted octanol–water partition coefficient (Wildman–Crippen LogP) is 4.03. The molecule has 1 aliphatic heterocycles. The van der Waals surface area contributed by atoms with Gasteiger partial charge in [0.05, 0.1) is 33.7 Å². The van der Waals surface area contributed by atoms with Crippen LogP contribution >= 0.6 is 39.1 Å². The average molecular weight is 494 g/mol. The molecule has 10 heteroatoms. The lowest BCUT2D eigenvalue weighted by Crippen LogP contribution is -2.40. The first kappa shape index (κ1) is 20.6. The summed E-state index contributed by atoms with van der Waals surface area (Å²) in [5, 5.41) is 3.25. The van der Waals surface area contributed by atoms with E-state index in [-0.39, 0.29) is 28.6 Å². The third-order valence-electron chi connectivity index (χ3n) is 3.97. The number of rotatable bonds is 4. The van der Waals surface area contributed by atoms with Gasteiger partial charge in [0.1, 0.15) is 0 Å². The van der Waals surface area contributed by atoms with Crippen molar-refractivity contribution in [1.82, 2.24) is 4.31 Å². The van der Waals surface area contributed by atoms with E-state index < -0.39 is 15.9 Å². The summed E-state index contributed by atoms with van der Waals surface area (Å²) < 4.78 is 32.8. The number of nitrogens with zero attached hydrogens (tertiary/aromatic N) is 1. The molecule has 1 fully saturated rings. The van der Waals surface area contributed by atoms with E-state index in [4.69, 9.17) is 27.9 Å². The van der Waals surface area contributed by atoms with Gasteiger partial charge in [0, 0.05) is 23.2 Å². The monoisotopic (exact) mass is 492 g/mol. The maximum Gasteiger partial charge on any atom is 0.257 e. The summed E-state index contributed by atoms with van der Waals surface area (Å²) in [5.74, 6) is -0.530. The molecule has 0 radical (unpaired) electrons. The topological polar surface area (TPSA) is 75.7 Å². The van der Waals surface area contributed by atoms with Gasteiger partial charge in [-0.25, -0.2) is 8.42 Å². The van der Waals surface area contributed by atoms with Crippen molar-refractivity contribution in [1.29, 1.82) is 0 Å². The molecule has 0 saturated carbocycles. The molecule has 2 aromatic rings. The molecule has 6 nitrogen and oxygen atoms in total. The Bertz CT molecular complexity index is 979. The maximum absolute atomic E-state index is 12.8. The Balaban J connectivity index is 1.88. The molecule has 1 heterocycles. The molecular formula is C17H15BrCl2N2O4S. The van der Waals surface area contributed by atoms with Crippen molar-refractivity contribution < 1.29 is 17.9 Å². The number of amides is 1. The van der Waals surface area contributed by atoms with Crippen LogP contribution in [0.3, 0.4) is 0 Å². The van der Waals surface area contributed by atoms with Crippen LogP contribution in [0.15, 0.2) is 45.8 Å². The standard InChI is InChI=1S/C17H15BrCl2N2O4S/c18-14-3-1-11(9-16(14)20)21-17(23)13-10-12(2-4-15(13)19)27(24,25)22-5-7-26-8-6-22/h1-4,9-10H,5-8H2,(H,21,23). The SMILES string of the molecule is O=C(Nc1ccc(Br)c(Cl)c1)c1cc(S(=O)(=O)N2CCOCC2)ccc1Cl. The maximum atomic E-state index is 12.8. The van der Waals surface area contributed by atoms with Gasteiger partial charge in [0.15, 0.2) is 0 Å². The summed E-state index contributed by atoms with van der Waals surface area (Å²) >= 11 is 15.4. The summed E-state index contributed by atoms with van der Waals surface area (Å²) in [4.78, 5) is 12.6. The number of nitrogens with one attached hydrogen (secondary N) is 1. The first-order chi connectivity index (χ1) is 12.8. The van der Waals surface area contributed by atoms with E-state index in [1.807, 2.05) is 0 Å². The van der Waals surface area contributed by atoms with Crippen LogP contribution in [0.2, 0.25) is 10.0 Å². The Hall–Kier alpha value is -1.16. The minimum Gasteiger partial charge on any atom is -0.379 e. The summed E-state index contributed by atoms with van der Waals surface area (Å²) in [6, 6.07) is 9.00. The van der Waals surface area contributed by atoms with E-state index in [1.165, 1.54) is 22.5 Å². The van der Waals surface area contributed by atoms with E-state index in [0.29, 0.717) is 28.4 Å². The smallest absolute Gasteiger partial charge is 0.257 e. The summed E-state index contributed by atoms with van der Waals surface area (Å²) in [6.45, 7) is 1.21. The molecule has 3 rings (SSSR count). The highest BCUT2D eigenvalue weighted by Crippen LogP contribution is 2.27. The minimum absolute atomic E-state index is 0.00721. The molecule has 1 amide bonds. The van der Waals surface area contributed by atoms with Crippen molar-refractivity contribution in [2.45, 2.75) is 4.90 Å². The van der Waals surface area contributed by atoms with E-state index in [0.717, 1.165) is 0 Å². The van der Waals surface area contributed by atoms with E-state index in [9.17, 15) is 13.2 Å². The Morgan fingerprint density at radius 3 is 2.44 bits per heavy atom. The molecule has 2 aromatic carbocycles. The second-order valence-electron chi connectivity index (χ2n) is 5.74. The Morgan fingerprint density at radius 1 is 1.07 bits per heavy atom. The lowest BCUT2D eigenvalue weighted by atomic mass is 10.2. The molecule has 0 bridgehead atoms. The Labute approximate surface area is 175 Å². The van der Waals surface area contributed by atoms with Gasteiger partial charge in [0.2, 0.25) is 10.0 Å². The molecule has 1 N–H and O–H groups in total. The highest BCUT2D eigenvalue weighted by atomic mass is 79.9. The fourth-order valence-corrected chi connectivity index (χ4v) is 4.61. The number of carbonyl (C=O) groups excluding carboxylic acids is 1. The largest absolute Gasteiger partial charge is 0.379 e. The number of hydrogen-bond acceptors (Lipinski definition) is 4. The number of halogens is 3. The van der Waals surface area contributed by atoms with Crippen LogP contribution in [0.4, 0.5) is 5.69 Å². The first-order valence-electron chi connectivity index (χ1n) is 7.93. The fourth-order valence-electron chi connectivity index (χ4n) is 2.55. The van der Waals surface area contributed by atoms with Crippen molar-refractivity contribution in [3.8, 4) is 0 Å². The van der Waals surface area contributed by atoms with Gasteiger partial charge in [0.25, 0.3) is 5.91 Å².